The van der Waals surface area contributed by atoms with E-state index in [-0.39, 0.29) is 0 Å². The third-order valence-corrected chi connectivity index (χ3v) is 4.99. The van der Waals surface area contributed by atoms with Crippen LogP contribution >= 0.6 is 11.8 Å². The van der Waals surface area contributed by atoms with Crippen molar-refractivity contribution in [2.24, 2.45) is 0 Å². The highest BCUT2D eigenvalue weighted by molar-refractivity contribution is 8.00. The number of nitrogens with one attached hydrogen (secondary N) is 1. The van der Waals surface area contributed by atoms with E-state index in [1.165, 1.54) is 37.0 Å². The quantitative estimate of drug-likeness (QED) is 0.859. The lowest BCUT2D eigenvalue weighted by Gasteiger charge is -2.31. The first kappa shape index (κ1) is 13.0. The molecule has 1 heterocycles. The molecular formula is C14H23NOS. The molecule has 1 aliphatic carbocycles. The second-order valence-corrected chi connectivity index (χ2v) is 6.12. The van der Waals surface area contributed by atoms with E-state index in [0.717, 1.165) is 12.3 Å². The summed E-state index contributed by atoms with van der Waals surface area (Å²) in [6.45, 7) is 5.43. The summed E-state index contributed by atoms with van der Waals surface area (Å²) < 4.78 is 5.38. The van der Waals surface area contributed by atoms with Gasteiger partial charge >= 0.3 is 0 Å². The van der Waals surface area contributed by atoms with Crippen LogP contribution in [0.2, 0.25) is 0 Å². The van der Waals surface area contributed by atoms with E-state index in [1.54, 1.807) is 6.26 Å². The minimum absolute atomic E-state index is 0.683. The van der Waals surface area contributed by atoms with Gasteiger partial charge in [0.2, 0.25) is 0 Å². The summed E-state index contributed by atoms with van der Waals surface area (Å²) in [5, 5.41) is 4.42. The Kier molecular flexibility index (Phi) is 4.99. The molecule has 0 spiro atoms. The molecule has 0 aromatic carbocycles. The summed E-state index contributed by atoms with van der Waals surface area (Å²) in [4.78, 5) is 1.32. The standard InChI is InChI=1S/C14H23NOS/c1-3-9-15-12-6-4-5-7-14(12)17-13-8-10-16-11(13)2/h8,10,12,14-15H,3-7,9H2,1-2H3. The average Bonchev–Trinajstić information content (AvgIpc) is 2.74. The largest absolute Gasteiger partial charge is 0.468 e. The summed E-state index contributed by atoms with van der Waals surface area (Å²) in [6, 6.07) is 2.79. The molecule has 1 aromatic heterocycles. The Labute approximate surface area is 109 Å². The van der Waals surface area contributed by atoms with Gasteiger partial charge in [-0.05, 0) is 38.8 Å². The van der Waals surface area contributed by atoms with Crippen molar-refractivity contribution in [2.75, 3.05) is 6.54 Å². The molecule has 0 amide bonds. The Hall–Kier alpha value is -0.410. The Bertz CT molecular complexity index is 337. The molecular weight excluding hydrogens is 230 g/mol. The molecule has 0 saturated heterocycles. The molecule has 1 N–H and O–H groups in total. The smallest absolute Gasteiger partial charge is 0.114 e. The van der Waals surface area contributed by atoms with Crippen LogP contribution in [0.4, 0.5) is 0 Å². The highest BCUT2D eigenvalue weighted by atomic mass is 32.2. The van der Waals surface area contributed by atoms with E-state index in [4.69, 9.17) is 4.42 Å². The molecule has 1 saturated carbocycles. The van der Waals surface area contributed by atoms with Crippen LogP contribution in [0.1, 0.15) is 44.8 Å². The van der Waals surface area contributed by atoms with Gasteiger partial charge in [-0.2, -0.15) is 0 Å². The van der Waals surface area contributed by atoms with Gasteiger partial charge in [-0.3, -0.25) is 0 Å². The molecule has 0 radical (unpaired) electrons. The van der Waals surface area contributed by atoms with Gasteiger partial charge in [-0.1, -0.05) is 19.8 Å². The Morgan fingerprint density at radius 1 is 1.41 bits per heavy atom. The maximum absolute atomic E-state index is 5.38. The Morgan fingerprint density at radius 2 is 2.24 bits per heavy atom. The van der Waals surface area contributed by atoms with Gasteiger partial charge < -0.3 is 9.73 Å². The van der Waals surface area contributed by atoms with E-state index in [9.17, 15) is 0 Å². The van der Waals surface area contributed by atoms with Crippen molar-refractivity contribution >= 4 is 11.8 Å². The third kappa shape index (κ3) is 3.52. The fraction of sp³-hybridized carbons (Fsp3) is 0.714. The lowest BCUT2D eigenvalue weighted by molar-refractivity contribution is 0.384. The summed E-state index contributed by atoms with van der Waals surface area (Å²) in [5.41, 5.74) is 0. The van der Waals surface area contributed by atoms with Gasteiger partial charge in [0.05, 0.1) is 6.26 Å². The zero-order chi connectivity index (χ0) is 12.1. The fourth-order valence-corrected chi connectivity index (χ4v) is 3.82. The monoisotopic (exact) mass is 253 g/mol. The van der Waals surface area contributed by atoms with Crippen molar-refractivity contribution in [3.63, 3.8) is 0 Å². The van der Waals surface area contributed by atoms with Crippen LogP contribution < -0.4 is 5.32 Å². The number of hydrogen-bond donors (Lipinski definition) is 1. The van der Waals surface area contributed by atoms with Crippen LogP contribution in [0.5, 0.6) is 0 Å². The first-order valence-electron chi connectivity index (χ1n) is 6.75. The van der Waals surface area contributed by atoms with Gasteiger partial charge in [0.15, 0.2) is 0 Å². The van der Waals surface area contributed by atoms with Crippen LogP contribution in [0, 0.1) is 6.92 Å². The first-order valence-corrected chi connectivity index (χ1v) is 7.63. The van der Waals surface area contributed by atoms with Crippen LogP contribution in [0.15, 0.2) is 21.6 Å². The SMILES string of the molecule is CCCNC1CCCCC1Sc1ccoc1C. The summed E-state index contributed by atoms with van der Waals surface area (Å²) >= 11 is 2.00. The molecule has 1 aliphatic rings. The van der Waals surface area contributed by atoms with Gasteiger partial charge in [-0.25, -0.2) is 0 Å². The third-order valence-electron chi connectivity index (χ3n) is 3.45. The summed E-state index contributed by atoms with van der Waals surface area (Å²) in [5.74, 6) is 1.06. The molecule has 1 fully saturated rings. The van der Waals surface area contributed by atoms with Crippen molar-refractivity contribution in [1.29, 1.82) is 0 Å². The van der Waals surface area contributed by atoms with Crippen molar-refractivity contribution in [2.45, 2.75) is 62.1 Å². The van der Waals surface area contributed by atoms with E-state index in [1.807, 2.05) is 11.8 Å². The number of hydrogen-bond acceptors (Lipinski definition) is 3. The predicted molar refractivity (Wildman–Crippen MR) is 73.6 cm³/mol. The number of rotatable bonds is 5. The molecule has 17 heavy (non-hydrogen) atoms. The molecule has 2 unspecified atom stereocenters. The number of furan rings is 1. The molecule has 96 valence electrons. The fourth-order valence-electron chi connectivity index (χ4n) is 2.46. The molecule has 3 heteroatoms. The number of thioether (sulfide) groups is 1. The van der Waals surface area contributed by atoms with Gasteiger partial charge in [-0.15, -0.1) is 11.8 Å². The maximum atomic E-state index is 5.38. The predicted octanol–water partition coefficient (Wildman–Crippen LogP) is 3.99. The average molecular weight is 253 g/mol. The minimum atomic E-state index is 0.683. The maximum Gasteiger partial charge on any atom is 0.114 e. The summed E-state index contributed by atoms with van der Waals surface area (Å²) in [7, 11) is 0. The summed E-state index contributed by atoms with van der Waals surface area (Å²) in [6.07, 6.45) is 8.43. The lowest BCUT2D eigenvalue weighted by Crippen LogP contribution is -2.40. The zero-order valence-electron chi connectivity index (χ0n) is 10.9. The van der Waals surface area contributed by atoms with E-state index < -0.39 is 0 Å². The highest BCUT2D eigenvalue weighted by Gasteiger charge is 2.26. The Balaban J connectivity index is 1.94. The van der Waals surface area contributed by atoms with Crippen LogP contribution in [0.25, 0.3) is 0 Å². The first-order chi connectivity index (χ1) is 8.31. The molecule has 0 aliphatic heterocycles. The molecule has 2 nitrogen and oxygen atoms in total. The van der Waals surface area contributed by atoms with Gasteiger partial charge in [0, 0.05) is 16.2 Å². The highest BCUT2D eigenvalue weighted by Crippen LogP contribution is 2.35. The number of aryl methyl sites for hydroxylation is 1. The molecule has 1 aromatic rings. The van der Waals surface area contributed by atoms with E-state index in [0.29, 0.717) is 11.3 Å². The van der Waals surface area contributed by atoms with Crippen molar-refractivity contribution < 1.29 is 4.42 Å². The minimum Gasteiger partial charge on any atom is -0.468 e. The van der Waals surface area contributed by atoms with Crippen LogP contribution in [0.3, 0.4) is 0 Å². The Morgan fingerprint density at radius 3 is 2.94 bits per heavy atom. The zero-order valence-corrected chi connectivity index (χ0v) is 11.7. The van der Waals surface area contributed by atoms with Crippen molar-refractivity contribution in [3.8, 4) is 0 Å². The second kappa shape index (κ2) is 6.50. The van der Waals surface area contributed by atoms with Crippen molar-refractivity contribution in [3.05, 3.63) is 18.1 Å². The second-order valence-electron chi connectivity index (χ2n) is 4.84. The lowest BCUT2D eigenvalue weighted by atomic mass is 9.95. The molecule has 0 bridgehead atoms. The van der Waals surface area contributed by atoms with Crippen molar-refractivity contribution in [1.82, 2.24) is 5.32 Å². The topological polar surface area (TPSA) is 25.2 Å². The molecule has 2 rings (SSSR count). The van der Waals surface area contributed by atoms with Crippen LogP contribution in [-0.4, -0.2) is 17.8 Å². The van der Waals surface area contributed by atoms with Gasteiger partial charge in [0.25, 0.3) is 0 Å². The van der Waals surface area contributed by atoms with E-state index >= 15 is 0 Å². The van der Waals surface area contributed by atoms with E-state index in [2.05, 4.69) is 25.2 Å². The van der Waals surface area contributed by atoms with Gasteiger partial charge in [0.1, 0.15) is 5.76 Å². The van der Waals surface area contributed by atoms with Crippen LogP contribution in [-0.2, 0) is 0 Å². The molecule has 2 atom stereocenters. The normalized spacial score (nSPS) is 25.1.